The van der Waals surface area contributed by atoms with E-state index in [1.165, 1.54) is 22.5 Å². The van der Waals surface area contributed by atoms with Gasteiger partial charge in [-0.3, -0.25) is 4.79 Å². The van der Waals surface area contributed by atoms with Crippen molar-refractivity contribution in [2.75, 3.05) is 18.4 Å². The maximum absolute atomic E-state index is 12.6. The molecule has 0 spiro atoms. The molecule has 0 atom stereocenters. The van der Waals surface area contributed by atoms with E-state index < -0.39 is 10.0 Å². The van der Waals surface area contributed by atoms with Crippen molar-refractivity contribution >= 4 is 45.5 Å². The molecule has 0 bridgehead atoms. The molecule has 30 heavy (non-hydrogen) atoms. The summed E-state index contributed by atoms with van der Waals surface area (Å²) in [6.45, 7) is 1.10. The number of benzene rings is 2. The van der Waals surface area contributed by atoms with Crippen LogP contribution in [0.15, 0.2) is 70.6 Å². The summed E-state index contributed by atoms with van der Waals surface area (Å²) in [5.41, 5.74) is 1.80. The molecule has 1 amide bonds. The monoisotopic (exact) mass is 443 g/mol. The van der Waals surface area contributed by atoms with Gasteiger partial charge in [0.2, 0.25) is 10.0 Å². The third kappa shape index (κ3) is 5.44. The predicted octanol–water partition coefficient (Wildman–Crippen LogP) is 4.51. The summed E-state index contributed by atoms with van der Waals surface area (Å²) < 4.78 is 26.6. The second kappa shape index (κ2) is 9.84. The van der Waals surface area contributed by atoms with E-state index in [2.05, 4.69) is 5.32 Å². The molecule has 0 unspecified atom stereocenters. The predicted molar refractivity (Wildman–Crippen MR) is 121 cm³/mol. The third-order valence-corrected chi connectivity index (χ3v) is 6.79. The molecular formula is C22H22ClN3O3S. The first-order valence-electron chi connectivity index (χ1n) is 9.46. The van der Waals surface area contributed by atoms with Crippen LogP contribution in [0.2, 0.25) is 0 Å². The van der Waals surface area contributed by atoms with Gasteiger partial charge >= 0.3 is 0 Å². The largest absolute Gasteiger partial charge is 0.322 e. The Balaban J connectivity index is 1.66. The van der Waals surface area contributed by atoms with Gasteiger partial charge in [-0.2, -0.15) is 4.31 Å². The van der Waals surface area contributed by atoms with Crippen molar-refractivity contribution in [1.82, 2.24) is 4.31 Å². The number of nitrogens with one attached hydrogen (secondary N) is 2. The molecule has 2 aromatic rings. The van der Waals surface area contributed by atoms with Gasteiger partial charge in [0.05, 0.1) is 4.90 Å². The van der Waals surface area contributed by atoms with Gasteiger partial charge in [-0.15, -0.1) is 0 Å². The van der Waals surface area contributed by atoms with Crippen LogP contribution in [0.3, 0.4) is 0 Å². The van der Waals surface area contributed by atoms with E-state index in [1.54, 1.807) is 48.6 Å². The van der Waals surface area contributed by atoms with E-state index in [1.807, 2.05) is 0 Å². The van der Waals surface area contributed by atoms with Gasteiger partial charge in [0, 0.05) is 35.6 Å². The van der Waals surface area contributed by atoms with Gasteiger partial charge < -0.3 is 10.7 Å². The van der Waals surface area contributed by atoms with Crippen LogP contribution in [0.4, 0.5) is 5.69 Å². The maximum Gasteiger partial charge on any atom is 0.255 e. The minimum Gasteiger partial charge on any atom is -0.322 e. The fourth-order valence-electron chi connectivity index (χ4n) is 3.07. The molecule has 0 aliphatic carbocycles. The second-order valence-electron chi connectivity index (χ2n) is 6.77. The van der Waals surface area contributed by atoms with E-state index in [0.29, 0.717) is 29.4 Å². The van der Waals surface area contributed by atoms with Crippen molar-refractivity contribution in [3.05, 3.63) is 76.8 Å². The third-order valence-electron chi connectivity index (χ3n) is 4.64. The molecule has 2 N–H and O–H groups in total. The highest BCUT2D eigenvalue weighted by atomic mass is 35.5. The summed E-state index contributed by atoms with van der Waals surface area (Å²) >= 11 is 6.04. The lowest BCUT2D eigenvalue weighted by Gasteiger charge is -2.15. The Hall–Kier alpha value is -2.74. The molecule has 1 aliphatic rings. The van der Waals surface area contributed by atoms with Gasteiger partial charge in [-0.1, -0.05) is 23.7 Å². The molecular weight excluding hydrogens is 422 g/mol. The topological polar surface area (TPSA) is 90.3 Å². The van der Waals surface area contributed by atoms with E-state index in [0.717, 1.165) is 24.6 Å². The Morgan fingerprint density at radius 2 is 1.67 bits per heavy atom. The zero-order valence-electron chi connectivity index (χ0n) is 16.2. The lowest BCUT2D eigenvalue weighted by molar-refractivity contribution is 0.102. The number of halogens is 1. The SMILES string of the molecule is N=C/C=C\C(Cl)=C\c1ccc(C(=O)Nc2ccc(S(=O)(=O)N3CCCC3)cc2)cc1. The number of nitrogens with zero attached hydrogens (tertiary/aromatic N) is 1. The van der Waals surface area contributed by atoms with Crippen LogP contribution in [-0.4, -0.2) is 37.9 Å². The zero-order valence-corrected chi connectivity index (χ0v) is 17.8. The molecule has 0 radical (unpaired) electrons. The minimum atomic E-state index is -3.47. The number of carbonyl (C=O) groups excluding carboxylic acids is 1. The molecule has 156 valence electrons. The average Bonchev–Trinajstić information content (AvgIpc) is 3.29. The van der Waals surface area contributed by atoms with Crippen LogP contribution in [0.1, 0.15) is 28.8 Å². The van der Waals surface area contributed by atoms with E-state index in [9.17, 15) is 13.2 Å². The number of hydrogen-bond donors (Lipinski definition) is 2. The summed E-state index contributed by atoms with van der Waals surface area (Å²) in [4.78, 5) is 12.7. The number of allylic oxidation sites excluding steroid dienone is 3. The fourth-order valence-corrected chi connectivity index (χ4v) is 4.78. The highest BCUT2D eigenvalue weighted by Crippen LogP contribution is 2.22. The molecule has 1 heterocycles. The number of hydrogen-bond acceptors (Lipinski definition) is 4. The summed E-state index contributed by atoms with van der Waals surface area (Å²) in [5.74, 6) is -0.296. The molecule has 1 aliphatic heterocycles. The van der Waals surface area contributed by atoms with Crippen LogP contribution >= 0.6 is 11.6 Å². The van der Waals surface area contributed by atoms with Crippen molar-refractivity contribution < 1.29 is 13.2 Å². The first-order valence-corrected chi connectivity index (χ1v) is 11.3. The lowest BCUT2D eigenvalue weighted by Crippen LogP contribution is -2.27. The fraction of sp³-hybridized carbons (Fsp3) is 0.182. The Morgan fingerprint density at radius 3 is 2.27 bits per heavy atom. The Bertz CT molecular complexity index is 1070. The van der Waals surface area contributed by atoms with Crippen molar-refractivity contribution in [3.8, 4) is 0 Å². The second-order valence-corrected chi connectivity index (χ2v) is 9.14. The first kappa shape index (κ1) is 22.0. The van der Waals surface area contributed by atoms with Crippen LogP contribution in [0, 0.1) is 5.41 Å². The number of sulfonamides is 1. The normalized spacial score (nSPS) is 15.4. The average molecular weight is 444 g/mol. The number of amides is 1. The summed E-state index contributed by atoms with van der Waals surface area (Å²) in [6.07, 6.45) is 7.75. The quantitative estimate of drug-likeness (QED) is 0.487. The van der Waals surface area contributed by atoms with Gasteiger partial charge in [0.15, 0.2) is 0 Å². The zero-order chi connectivity index (χ0) is 21.6. The molecule has 8 heteroatoms. The van der Waals surface area contributed by atoms with Gasteiger partial charge in [0.25, 0.3) is 5.91 Å². The van der Waals surface area contributed by atoms with Gasteiger partial charge in [0.1, 0.15) is 0 Å². The van der Waals surface area contributed by atoms with E-state index in [-0.39, 0.29) is 10.8 Å². The van der Waals surface area contributed by atoms with Crippen LogP contribution in [-0.2, 0) is 10.0 Å². The Morgan fingerprint density at radius 1 is 1.03 bits per heavy atom. The highest BCUT2D eigenvalue weighted by molar-refractivity contribution is 7.89. The standard InChI is InChI=1S/C22H22ClN3O3S/c23-19(4-3-13-24)16-17-5-7-18(8-6-17)22(27)25-20-9-11-21(12-10-20)30(28,29)26-14-1-2-15-26/h3-13,16,24H,1-2,14-15H2,(H,25,27)/b4-3-,19-16-,24-13?. The molecule has 2 aromatic carbocycles. The van der Waals surface area contributed by atoms with Crippen molar-refractivity contribution in [3.63, 3.8) is 0 Å². The molecule has 0 saturated carbocycles. The van der Waals surface area contributed by atoms with Crippen LogP contribution < -0.4 is 5.32 Å². The lowest BCUT2D eigenvalue weighted by atomic mass is 10.1. The summed E-state index contributed by atoms with van der Waals surface area (Å²) in [5, 5.41) is 10.2. The molecule has 3 rings (SSSR count). The Kier molecular flexibility index (Phi) is 7.20. The van der Waals surface area contributed by atoms with Crippen LogP contribution in [0.5, 0.6) is 0 Å². The number of rotatable bonds is 7. The summed E-state index contributed by atoms with van der Waals surface area (Å²) in [6, 6.07) is 13.1. The Labute approximate surface area is 181 Å². The first-order chi connectivity index (χ1) is 14.4. The van der Waals surface area contributed by atoms with Gasteiger partial charge in [-0.25, -0.2) is 8.42 Å². The van der Waals surface area contributed by atoms with Crippen molar-refractivity contribution in [2.45, 2.75) is 17.7 Å². The molecule has 1 fully saturated rings. The molecule has 1 saturated heterocycles. The smallest absolute Gasteiger partial charge is 0.255 e. The van der Waals surface area contributed by atoms with Crippen LogP contribution in [0.25, 0.3) is 6.08 Å². The summed E-state index contributed by atoms with van der Waals surface area (Å²) in [7, 11) is -3.47. The van der Waals surface area contributed by atoms with E-state index >= 15 is 0 Å². The van der Waals surface area contributed by atoms with E-state index in [4.69, 9.17) is 17.0 Å². The van der Waals surface area contributed by atoms with Gasteiger partial charge in [-0.05, 0) is 73.0 Å². The molecule has 0 aromatic heterocycles. The number of carbonyl (C=O) groups is 1. The minimum absolute atomic E-state index is 0.229. The maximum atomic E-state index is 12.6. The van der Waals surface area contributed by atoms with Crippen molar-refractivity contribution in [2.24, 2.45) is 0 Å². The number of anilines is 1. The highest BCUT2D eigenvalue weighted by Gasteiger charge is 2.26. The molecule has 6 nitrogen and oxygen atoms in total. The van der Waals surface area contributed by atoms with Crippen molar-refractivity contribution in [1.29, 1.82) is 5.41 Å².